The standard InChI is InChI=1S/C21H20FN3O3S/c1-29-15-7-5-14(6-8-15)23-19(26)12-25-18-11-13(22)4-9-16(18)20(27)24-10-2-3-17(24)21(25)28/h4-9,11,17H,2-3,10,12H2,1H3,(H,23,26)/t17-/m0/s1. The zero-order chi connectivity index (χ0) is 20.5. The molecule has 2 heterocycles. The van der Waals surface area contributed by atoms with Gasteiger partial charge in [-0.25, -0.2) is 4.39 Å². The Morgan fingerprint density at radius 2 is 1.97 bits per heavy atom. The number of nitrogens with one attached hydrogen (secondary N) is 1. The Kier molecular flexibility index (Phi) is 5.27. The van der Waals surface area contributed by atoms with Gasteiger partial charge in [-0.2, -0.15) is 0 Å². The third-order valence-corrected chi connectivity index (χ3v) is 5.96. The van der Waals surface area contributed by atoms with Gasteiger partial charge in [-0.15, -0.1) is 11.8 Å². The fourth-order valence-corrected chi connectivity index (χ4v) is 4.22. The summed E-state index contributed by atoms with van der Waals surface area (Å²) in [4.78, 5) is 42.5. The van der Waals surface area contributed by atoms with Crippen LogP contribution >= 0.6 is 11.8 Å². The first-order valence-corrected chi connectivity index (χ1v) is 10.6. The molecule has 0 bridgehead atoms. The maximum atomic E-state index is 13.9. The number of carbonyl (C=O) groups excluding carboxylic acids is 3. The molecule has 6 nitrogen and oxygen atoms in total. The van der Waals surface area contributed by atoms with Crippen LogP contribution in [0.2, 0.25) is 0 Å². The predicted octanol–water partition coefficient (Wildman–Crippen LogP) is 3.14. The molecule has 3 amide bonds. The number of nitrogens with zero attached hydrogens (tertiary/aromatic N) is 2. The van der Waals surface area contributed by atoms with Gasteiger partial charge in [-0.1, -0.05) is 0 Å². The third kappa shape index (κ3) is 3.72. The highest BCUT2D eigenvalue weighted by Gasteiger charge is 2.42. The van der Waals surface area contributed by atoms with Crippen LogP contribution < -0.4 is 10.2 Å². The highest BCUT2D eigenvalue weighted by molar-refractivity contribution is 7.98. The van der Waals surface area contributed by atoms with Gasteiger partial charge in [-0.05, 0) is 61.6 Å². The molecule has 0 aromatic heterocycles. The SMILES string of the molecule is CSc1ccc(NC(=O)CN2C(=O)[C@@H]3CCCN3C(=O)c3ccc(F)cc32)cc1. The maximum Gasteiger partial charge on any atom is 0.256 e. The first-order valence-electron chi connectivity index (χ1n) is 9.34. The van der Waals surface area contributed by atoms with E-state index in [1.54, 1.807) is 23.9 Å². The van der Waals surface area contributed by atoms with Gasteiger partial charge in [0.25, 0.3) is 5.91 Å². The Balaban J connectivity index is 1.62. The average molecular weight is 413 g/mol. The zero-order valence-electron chi connectivity index (χ0n) is 15.9. The summed E-state index contributed by atoms with van der Waals surface area (Å²) >= 11 is 1.59. The molecule has 4 rings (SSSR count). The largest absolute Gasteiger partial charge is 0.327 e. The molecule has 2 aromatic carbocycles. The van der Waals surface area contributed by atoms with Gasteiger partial charge in [0, 0.05) is 17.1 Å². The van der Waals surface area contributed by atoms with Crippen LogP contribution in [0.4, 0.5) is 15.8 Å². The topological polar surface area (TPSA) is 69.7 Å². The number of thioether (sulfide) groups is 1. The van der Waals surface area contributed by atoms with Crippen LogP contribution in [-0.4, -0.2) is 48.0 Å². The number of fused-ring (bicyclic) bond motifs is 2. The number of carbonyl (C=O) groups is 3. The lowest BCUT2D eigenvalue weighted by molar-refractivity contribution is -0.124. The predicted molar refractivity (Wildman–Crippen MR) is 110 cm³/mol. The van der Waals surface area contributed by atoms with Gasteiger partial charge < -0.3 is 15.1 Å². The summed E-state index contributed by atoms with van der Waals surface area (Å²) < 4.78 is 13.9. The van der Waals surface area contributed by atoms with E-state index in [0.29, 0.717) is 18.7 Å². The van der Waals surface area contributed by atoms with Gasteiger partial charge in [-0.3, -0.25) is 14.4 Å². The molecule has 0 unspecified atom stereocenters. The molecule has 2 aromatic rings. The van der Waals surface area contributed by atoms with E-state index in [2.05, 4.69) is 5.32 Å². The first-order chi connectivity index (χ1) is 14.0. The summed E-state index contributed by atoms with van der Waals surface area (Å²) in [5, 5.41) is 2.76. The van der Waals surface area contributed by atoms with Crippen molar-refractivity contribution in [3.8, 4) is 0 Å². The average Bonchev–Trinajstić information content (AvgIpc) is 3.19. The summed E-state index contributed by atoms with van der Waals surface area (Å²) in [7, 11) is 0. The summed E-state index contributed by atoms with van der Waals surface area (Å²) in [5.74, 6) is -1.63. The quantitative estimate of drug-likeness (QED) is 0.782. The number of rotatable bonds is 4. The number of benzene rings is 2. The van der Waals surface area contributed by atoms with Crippen molar-refractivity contribution in [3.05, 3.63) is 53.8 Å². The van der Waals surface area contributed by atoms with Crippen molar-refractivity contribution in [1.29, 1.82) is 0 Å². The van der Waals surface area contributed by atoms with Gasteiger partial charge in [0.05, 0.1) is 11.3 Å². The molecule has 1 fully saturated rings. The van der Waals surface area contributed by atoms with Gasteiger partial charge in [0.15, 0.2) is 0 Å². The minimum absolute atomic E-state index is 0.141. The lowest BCUT2D eigenvalue weighted by Gasteiger charge is -2.25. The maximum absolute atomic E-state index is 13.9. The van der Waals surface area contributed by atoms with Crippen molar-refractivity contribution < 1.29 is 18.8 Å². The van der Waals surface area contributed by atoms with Crippen molar-refractivity contribution in [3.63, 3.8) is 0 Å². The minimum atomic E-state index is -0.619. The number of halogens is 1. The smallest absolute Gasteiger partial charge is 0.256 e. The Hall–Kier alpha value is -2.87. The summed E-state index contributed by atoms with van der Waals surface area (Å²) in [5.41, 5.74) is 0.983. The molecular weight excluding hydrogens is 393 g/mol. The van der Waals surface area contributed by atoms with Crippen molar-refractivity contribution in [2.75, 3.05) is 29.6 Å². The molecule has 1 saturated heterocycles. The molecule has 1 N–H and O–H groups in total. The molecule has 0 saturated carbocycles. The Bertz CT molecular complexity index is 980. The van der Waals surface area contributed by atoms with Crippen molar-refractivity contribution >= 4 is 40.9 Å². The fourth-order valence-electron chi connectivity index (χ4n) is 3.81. The van der Waals surface area contributed by atoms with Crippen LogP contribution in [0.5, 0.6) is 0 Å². The number of hydrogen-bond acceptors (Lipinski definition) is 4. The fraction of sp³-hybridized carbons (Fsp3) is 0.286. The van der Waals surface area contributed by atoms with E-state index >= 15 is 0 Å². The third-order valence-electron chi connectivity index (χ3n) is 5.22. The second-order valence-electron chi connectivity index (χ2n) is 7.02. The Labute approximate surface area is 172 Å². The van der Waals surface area contributed by atoms with Crippen molar-refractivity contribution in [2.24, 2.45) is 0 Å². The number of amides is 3. The summed E-state index contributed by atoms with van der Waals surface area (Å²) in [6.07, 6.45) is 3.22. The number of anilines is 2. The van der Waals surface area contributed by atoms with E-state index in [4.69, 9.17) is 0 Å². The van der Waals surface area contributed by atoms with Crippen LogP contribution in [0.3, 0.4) is 0 Å². The molecule has 0 radical (unpaired) electrons. The van der Waals surface area contributed by atoms with Crippen LogP contribution in [0.25, 0.3) is 0 Å². The highest BCUT2D eigenvalue weighted by Crippen LogP contribution is 2.33. The Morgan fingerprint density at radius 1 is 1.21 bits per heavy atom. The molecule has 29 heavy (non-hydrogen) atoms. The summed E-state index contributed by atoms with van der Waals surface area (Å²) in [6.45, 7) is 0.186. The van der Waals surface area contributed by atoms with Crippen molar-refractivity contribution in [1.82, 2.24) is 4.90 Å². The molecule has 8 heteroatoms. The van der Waals surface area contributed by atoms with Crippen LogP contribution in [0.1, 0.15) is 23.2 Å². The van der Waals surface area contributed by atoms with E-state index in [1.165, 1.54) is 21.9 Å². The number of hydrogen-bond donors (Lipinski definition) is 1. The molecule has 0 spiro atoms. The second-order valence-corrected chi connectivity index (χ2v) is 7.90. The van der Waals surface area contributed by atoms with Gasteiger partial charge in [0.1, 0.15) is 18.4 Å². The lowest BCUT2D eigenvalue weighted by atomic mass is 10.1. The van der Waals surface area contributed by atoms with E-state index in [9.17, 15) is 18.8 Å². The van der Waals surface area contributed by atoms with Gasteiger partial charge in [0.2, 0.25) is 11.8 Å². The molecule has 1 atom stereocenters. The van der Waals surface area contributed by atoms with E-state index in [1.807, 2.05) is 18.4 Å². The van der Waals surface area contributed by atoms with Crippen LogP contribution in [-0.2, 0) is 9.59 Å². The monoisotopic (exact) mass is 413 g/mol. The first kappa shape index (κ1) is 19.4. The van der Waals surface area contributed by atoms with E-state index < -0.39 is 17.8 Å². The zero-order valence-corrected chi connectivity index (χ0v) is 16.7. The van der Waals surface area contributed by atoms with Crippen LogP contribution in [0, 0.1) is 5.82 Å². The molecule has 2 aliphatic rings. The van der Waals surface area contributed by atoms with E-state index in [-0.39, 0.29) is 29.6 Å². The molecule has 150 valence electrons. The van der Waals surface area contributed by atoms with E-state index in [0.717, 1.165) is 17.4 Å². The molecule has 2 aliphatic heterocycles. The normalized spacial score (nSPS) is 18.3. The van der Waals surface area contributed by atoms with Gasteiger partial charge >= 0.3 is 0 Å². The van der Waals surface area contributed by atoms with Crippen LogP contribution in [0.15, 0.2) is 47.4 Å². The summed E-state index contributed by atoms with van der Waals surface area (Å²) in [6, 6.07) is 10.4. The second kappa shape index (κ2) is 7.87. The minimum Gasteiger partial charge on any atom is -0.327 e. The lowest BCUT2D eigenvalue weighted by Crippen LogP contribution is -2.47. The highest BCUT2D eigenvalue weighted by atomic mass is 32.2. The van der Waals surface area contributed by atoms with Crippen molar-refractivity contribution in [2.45, 2.75) is 23.8 Å². The Morgan fingerprint density at radius 3 is 2.69 bits per heavy atom. The molecular formula is C21H20FN3O3S. The molecule has 0 aliphatic carbocycles.